The first-order valence-electron chi connectivity index (χ1n) is 7.99. The first-order valence-corrected chi connectivity index (χ1v) is 7.99. The third kappa shape index (κ3) is 4.08. The molecule has 5 heteroatoms. The normalized spacial score (nSPS) is 10.0. The fourth-order valence-corrected chi connectivity index (χ4v) is 2.39. The van der Waals surface area contributed by atoms with E-state index in [9.17, 15) is 9.59 Å². The van der Waals surface area contributed by atoms with E-state index < -0.39 is 11.9 Å². The number of carbonyl (C=O) groups excluding carboxylic acids is 2. The lowest BCUT2D eigenvalue weighted by Crippen LogP contribution is -2.11. The van der Waals surface area contributed by atoms with Gasteiger partial charge in [-0.25, -0.2) is 9.59 Å². The monoisotopic (exact) mass is 347 g/mol. The molecule has 0 saturated carbocycles. The number of methoxy groups -OCH3 is 1. The molecular formula is C21H17NO4. The Balaban J connectivity index is 1.77. The minimum absolute atomic E-state index is 0.345. The molecular weight excluding hydrogens is 330 g/mol. The average Bonchev–Trinajstić information content (AvgIpc) is 2.69. The molecule has 3 aromatic carbocycles. The van der Waals surface area contributed by atoms with E-state index in [4.69, 9.17) is 4.74 Å². The number of ether oxygens (including phenoxy) is 2. The molecule has 0 aliphatic heterocycles. The molecule has 0 spiro atoms. The maximum Gasteiger partial charge on any atom is 0.345 e. The smallest absolute Gasteiger partial charge is 0.345 e. The summed E-state index contributed by atoms with van der Waals surface area (Å²) in [5, 5.41) is 3.21. The van der Waals surface area contributed by atoms with Crippen LogP contribution in [0, 0.1) is 0 Å². The van der Waals surface area contributed by atoms with Crippen LogP contribution in [-0.4, -0.2) is 19.0 Å². The lowest BCUT2D eigenvalue weighted by Gasteiger charge is -2.11. The molecule has 0 aliphatic rings. The zero-order valence-electron chi connectivity index (χ0n) is 14.1. The van der Waals surface area contributed by atoms with Gasteiger partial charge in [0.2, 0.25) is 0 Å². The molecule has 3 aromatic rings. The van der Waals surface area contributed by atoms with Crippen molar-refractivity contribution in [1.29, 1.82) is 0 Å². The Kier molecular flexibility index (Phi) is 5.29. The van der Waals surface area contributed by atoms with Crippen molar-refractivity contribution in [1.82, 2.24) is 0 Å². The zero-order valence-corrected chi connectivity index (χ0v) is 14.1. The summed E-state index contributed by atoms with van der Waals surface area (Å²) >= 11 is 0. The SMILES string of the molecule is COC(=O)c1ccc(OC(=O)c2ccccc2Nc2ccccc2)cc1. The summed E-state index contributed by atoms with van der Waals surface area (Å²) in [7, 11) is 1.31. The molecule has 0 fully saturated rings. The largest absolute Gasteiger partial charge is 0.465 e. The molecule has 0 bridgehead atoms. The van der Waals surface area contributed by atoms with E-state index in [1.165, 1.54) is 7.11 Å². The first kappa shape index (κ1) is 17.2. The van der Waals surface area contributed by atoms with E-state index in [0.717, 1.165) is 5.69 Å². The van der Waals surface area contributed by atoms with Crippen LogP contribution in [0.4, 0.5) is 11.4 Å². The Morgan fingerprint density at radius 3 is 2.12 bits per heavy atom. The standard InChI is InChI=1S/C21H17NO4/c1-25-20(23)15-11-13-17(14-12-15)26-21(24)18-9-5-6-10-19(18)22-16-7-3-2-4-8-16/h2-14,22H,1H3. The fourth-order valence-electron chi connectivity index (χ4n) is 2.39. The van der Waals surface area contributed by atoms with Gasteiger partial charge in [-0.2, -0.15) is 0 Å². The molecule has 1 N–H and O–H groups in total. The number of benzene rings is 3. The van der Waals surface area contributed by atoms with Crippen LogP contribution in [0.1, 0.15) is 20.7 Å². The summed E-state index contributed by atoms with van der Waals surface area (Å²) in [5.74, 6) is -0.590. The summed E-state index contributed by atoms with van der Waals surface area (Å²) in [6.45, 7) is 0. The van der Waals surface area contributed by atoms with Crippen LogP contribution in [-0.2, 0) is 4.74 Å². The average molecular weight is 347 g/mol. The third-order valence-corrected chi connectivity index (χ3v) is 3.69. The minimum Gasteiger partial charge on any atom is -0.465 e. The van der Waals surface area contributed by atoms with Gasteiger partial charge in [0.1, 0.15) is 5.75 Å². The van der Waals surface area contributed by atoms with E-state index in [0.29, 0.717) is 22.6 Å². The van der Waals surface area contributed by atoms with Crippen molar-refractivity contribution in [2.75, 3.05) is 12.4 Å². The molecule has 130 valence electrons. The molecule has 0 heterocycles. The minimum atomic E-state index is -0.491. The maximum absolute atomic E-state index is 12.5. The Morgan fingerprint density at radius 1 is 0.769 bits per heavy atom. The molecule has 0 aromatic heterocycles. The van der Waals surface area contributed by atoms with E-state index in [1.807, 2.05) is 42.5 Å². The summed E-state index contributed by atoms with van der Waals surface area (Å²) < 4.78 is 10.1. The van der Waals surface area contributed by atoms with Gasteiger partial charge < -0.3 is 14.8 Å². The van der Waals surface area contributed by atoms with Gasteiger partial charge >= 0.3 is 11.9 Å². The van der Waals surface area contributed by atoms with E-state index in [2.05, 4.69) is 10.1 Å². The Morgan fingerprint density at radius 2 is 1.42 bits per heavy atom. The highest BCUT2D eigenvalue weighted by Gasteiger charge is 2.14. The summed E-state index contributed by atoms with van der Waals surface area (Å²) in [4.78, 5) is 24.0. The molecule has 5 nitrogen and oxygen atoms in total. The van der Waals surface area contributed by atoms with Crippen LogP contribution in [0.2, 0.25) is 0 Å². The van der Waals surface area contributed by atoms with Crippen LogP contribution in [0.5, 0.6) is 5.75 Å². The van der Waals surface area contributed by atoms with Crippen molar-refractivity contribution in [2.24, 2.45) is 0 Å². The van der Waals surface area contributed by atoms with Crippen molar-refractivity contribution in [2.45, 2.75) is 0 Å². The highest BCUT2D eigenvalue weighted by atomic mass is 16.5. The van der Waals surface area contributed by atoms with Crippen LogP contribution >= 0.6 is 0 Å². The summed E-state index contributed by atoms with van der Waals surface area (Å²) in [6, 6.07) is 22.9. The van der Waals surface area contributed by atoms with Crippen molar-refractivity contribution < 1.29 is 19.1 Å². The fraction of sp³-hybridized carbons (Fsp3) is 0.0476. The molecule has 0 amide bonds. The molecule has 0 aliphatic carbocycles. The number of anilines is 2. The molecule has 3 rings (SSSR count). The van der Waals surface area contributed by atoms with Crippen LogP contribution < -0.4 is 10.1 Å². The topological polar surface area (TPSA) is 64.6 Å². The Hall–Kier alpha value is -3.60. The Labute approximate surface area is 151 Å². The van der Waals surface area contributed by atoms with Gasteiger partial charge in [0.25, 0.3) is 0 Å². The number of hydrogen-bond donors (Lipinski definition) is 1. The van der Waals surface area contributed by atoms with Gasteiger partial charge in [-0.1, -0.05) is 30.3 Å². The number of nitrogens with one attached hydrogen (secondary N) is 1. The second-order valence-corrected chi connectivity index (χ2v) is 5.44. The third-order valence-electron chi connectivity index (χ3n) is 3.69. The van der Waals surface area contributed by atoms with Crippen molar-refractivity contribution in [3.05, 3.63) is 90.0 Å². The van der Waals surface area contributed by atoms with Crippen molar-refractivity contribution in [3.63, 3.8) is 0 Å². The van der Waals surface area contributed by atoms with Crippen molar-refractivity contribution in [3.8, 4) is 5.75 Å². The van der Waals surface area contributed by atoms with E-state index in [1.54, 1.807) is 36.4 Å². The van der Waals surface area contributed by atoms with E-state index >= 15 is 0 Å². The lowest BCUT2D eigenvalue weighted by molar-refractivity contribution is 0.0600. The summed E-state index contributed by atoms with van der Waals surface area (Å²) in [6.07, 6.45) is 0. The number of hydrogen-bond acceptors (Lipinski definition) is 5. The van der Waals surface area contributed by atoms with Crippen LogP contribution in [0.25, 0.3) is 0 Å². The van der Waals surface area contributed by atoms with E-state index in [-0.39, 0.29) is 0 Å². The molecule has 0 atom stereocenters. The quantitative estimate of drug-likeness (QED) is 0.546. The summed E-state index contributed by atoms with van der Waals surface area (Å²) in [5.41, 5.74) is 2.32. The van der Waals surface area contributed by atoms with Crippen molar-refractivity contribution >= 4 is 23.3 Å². The van der Waals surface area contributed by atoms with Gasteiger partial charge in [-0.05, 0) is 48.5 Å². The molecule has 0 unspecified atom stereocenters. The molecule has 26 heavy (non-hydrogen) atoms. The highest BCUT2D eigenvalue weighted by molar-refractivity contribution is 5.98. The second-order valence-electron chi connectivity index (χ2n) is 5.44. The van der Waals surface area contributed by atoms with Crippen LogP contribution in [0.3, 0.4) is 0 Å². The number of esters is 2. The predicted molar refractivity (Wildman–Crippen MR) is 98.9 cm³/mol. The van der Waals surface area contributed by atoms with Gasteiger partial charge in [0.15, 0.2) is 0 Å². The van der Waals surface area contributed by atoms with Gasteiger partial charge in [-0.3, -0.25) is 0 Å². The van der Waals surface area contributed by atoms with Crippen LogP contribution in [0.15, 0.2) is 78.9 Å². The Bertz CT molecular complexity index is 905. The number of para-hydroxylation sites is 2. The molecule has 0 saturated heterocycles. The van der Waals surface area contributed by atoms with Gasteiger partial charge in [0.05, 0.1) is 23.9 Å². The predicted octanol–water partition coefficient (Wildman–Crippen LogP) is 4.44. The lowest BCUT2D eigenvalue weighted by atomic mass is 10.1. The first-order chi connectivity index (χ1) is 12.7. The molecule has 0 radical (unpaired) electrons. The van der Waals surface area contributed by atoms with Gasteiger partial charge in [0, 0.05) is 5.69 Å². The number of rotatable bonds is 5. The number of carbonyl (C=O) groups is 2. The second kappa shape index (κ2) is 7.98. The van der Waals surface area contributed by atoms with Gasteiger partial charge in [-0.15, -0.1) is 0 Å². The zero-order chi connectivity index (χ0) is 18.4. The maximum atomic E-state index is 12.5. The highest BCUT2D eigenvalue weighted by Crippen LogP contribution is 2.23.